The smallest absolute Gasteiger partial charge is 0.303 e. The Balaban J connectivity index is 1.79. The van der Waals surface area contributed by atoms with E-state index in [1.807, 2.05) is 42.5 Å². The van der Waals surface area contributed by atoms with Crippen LogP contribution in [0.25, 0.3) is 11.6 Å². The fourth-order valence-corrected chi connectivity index (χ4v) is 4.65. The zero-order valence-corrected chi connectivity index (χ0v) is 24.3. The second-order valence-electron chi connectivity index (χ2n) is 10.5. The highest BCUT2D eigenvalue weighted by Gasteiger charge is 2.12. The van der Waals surface area contributed by atoms with E-state index in [4.69, 9.17) is 5.11 Å². The van der Waals surface area contributed by atoms with Crippen LogP contribution in [0.15, 0.2) is 54.6 Å². The third-order valence-electron chi connectivity index (χ3n) is 6.94. The van der Waals surface area contributed by atoms with Crippen LogP contribution >= 0.6 is 0 Å². The van der Waals surface area contributed by atoms with E-state index in [0.717, 1.165) is 24.0 Å². The summed E-state index contributed by atoms with van der Waals surface area (Å²) in [6.45, 7) is 2.90. The van der Waals surface area contributed by atoms with Crippen molar-refractivity contribution in [3.05, 3.63) is 65.7 Å². The van der Waals surface area contributed by atoms with Crippen LogP contribution in [0.4, 0.5) is 5.69 Å². The van der Waals surface area contributed by atoms with E-state index in [1.165, 1.54) is 70.6 Å². The molecule has 0 radical (unpaired) electrons. The van der Waals surface area contributed by atoms with Gasteiger partial charge in [-0.05, 0) is 35.8 Å². The van der Waals surface area contributed by atoms with Gasteiger partial charge in [0.15, 0.2) is 0 Å². The largest absolute Gasteiger partial charge is 0.481 e. The van der Waals surface area contributed by atoms with Gasteiger partial charge in [0.25, 0.3) is 5.91 Å². The van der Waals surface area contributed by atoms with Crippen molar-refractivity contribution >= 4 is 35.1 Å². The monoisotopic (exact) mass is 548 g/mol. The summed E-state index contributed by atoms with van der Waals surface area (Å²) in [5.41, 5.74) is 2.71. The average Bonchev–Trinajstić information content (AvgIpc) is 2.95. The number of rotatable bonds is 21. The van der Waals surface area contributed by atoms with Crippen LogP contribution in [0.2, 0.25) is 0 Å². The first-order chi connectivity index (χ1) is 19.5. The van der Waals surface area contributed by atoms with Crippen LogP contribution in [0.5, 0.6) is 0 Å². The SMILES string of the molecule is CCCCCCCCCCCCCCCNC(=O)/C(=C/c1cccc(NC(=O)CCC(=O)O)c1)c1ccccc1. The molecule has 40 heavy (non-hydrogen) atoms. The van der Waals surface area contributed by atoms with Crippen molar-refractivity contribution in [2.24, 2.45) is 0 Å². The summed E-state index contributed by atoms with van der Waals surface area (Å²) in [7, 11) is 0. The zero-order valence-electron chi connectivity index (χ0n) is 24.3. The molecular formula is C34H48N2O4. The molecule has 0 spiro atoms. The lowest BCUT2D eigenvalue weighted by Crippen LogP contribution is -2.25. The quantitative estimate of drug-likeness (QED) is 0.0831. The number of nitrogens with one attached hydrogen (secondary N) is 2. The molecule has 6 nitrogen and oxygen atoms in total. The number of amides is 2. The Labute approximate surface area is 240 Å². The maximum absolute atomic E-state index is 13.2. The highest BCUT2D eigenvalue weighted by atomic mass is 16.4. The van der Waals surface area contributed by atoms with E-state index in [-0.39, 0.29) is 24.7 Å². The van der Waals surface area contributed by atoms with Gasteiger partial charge in [-0.1, -0.05) is 126 Å². The Kier molecular flexibility index (Phi) is 16.8. The fraction of sp³-hybridized carbons (Fsp3) is 0.500. The highest BCUT2D eigenvalue weighted by molar-refractivity contribution is 6.24. The van der Waals surface area contributed by atoms with Crippen LogP contribution in [0.1, 0.15) is 114 Å². The van der Waals surface area contributed by atoms with Gasteiger partial charge in [0.05, 0.1) is 6.42 Å². The van der Waals surface area contributed by atoms with Gasteiger partial charge in [0.1, 0.15) is 0 Å². The predicted octanol–water partition coefficient (Wildman–Crippen LogP) is 8.24. The van der Waals surface area contributed by atoms with E-state index in [0.29, 0.717) is 17.8 Å². The first kappa shape index (κ1) is 32.8. The number of benzene rings is 2. The maximum atomic E-state index is 13.2. The van der Waals surface area contributed by atoms with Gasteiger partial charge in [0, 0.05) is 24.2 Å². The van der Waals surface area contributed by atoms with Crippen molar-refractivity contribution in [1.82, 2.24) is 5.32 Å². The van der Waals surface area contributed by atoms with Gasteiger partial charge in [-0.25, -0.2) is 0 Å². The third kappa shape index (κ3) is 14.7. The van der Waals surface area contributed by atoms with Gasteiger partial charge in [-0.15, -0.1) is 0 Å². The van der Waals surface area contributed by atoms with Crippen molar-refractivity contribution in [1.29, 1.82) is 0 Å². The number of anilines is 1. The molecule has 2 amide bonds. The molecule has 0 aromatic heterocycles. The third-order valence-corrected chi connectivity index (χ3v) is 6.94. The summed E-state index contributed by atoms with van der Waals surface area (Å²) in [5.74, 6) is -1.49. The lowest BCUT2D eigenvalue weighted by atomic mass is 10.0. The molecule has 0 atom stereocenters. The molecular weight excluding hydrogens is 500 g/mol. The van der Waals surface area contributed by atoms with Crippen LogP contribution in [-0.2, 0) is 14.4 Å². The van der Waals surface area contributed by atoms with Crippen molar-refractivity contribution in [2.75, 3.05) is 11.9 Å². The number of carboxylic acids is 1. The summed E-state index contributed by atoms with van der Waals surface area (Å²) in [5, 5.41) is 14.6. The first-order valence-electron chi connectivity index (χ1n) is 15.2. The number of hydrogen-bond acceptors (Lipinski definition) is 3. The number of unbranched alkanes of at least 4 members (excludes halogenated alkanes) is 12. The minimum Gasteiger partial charge on any atom is -0.481 e. The molecule has 2 rings (SSSR count). The molecule has 0 aliphatic heterocycles. The van der Waals surface area contributed by atoms with Gasteiger partial charge < -0.3 is 15.7 Å². The second-order valence-corrected chi connectivity index (χ2v) is 10.5. The highest BCUT2D eigenvalue weighted by Crippen LogP contribution is 2.21. The standard InChI is InChI=1S/C34H48N2O4/c1-2-3-4-5-6-7-8-9-10-11-12-13-17-25-35-34(40)31(29-20-15-14-16-21-29)27-28-19-18-22-30(26-28)36-32(37)23-24-33(38)39/h14-16,18-22,26-27H,2-13,17,23-25H2,1H3,(H,35,40)(H,36,37)(H,38,39)/b31-27+. The molecule has 0 bridgehead atoms. The molecule has 0 saturated carbocycles. The molecule has 0 aliphatic carbocycles. The topological polar surface area (TPSA) is 95.5 Å². The molecule has 0 unspecified atom stereocenters. The molecule has 0 aliphatic rings. The second kappa shape index (κ2) is 20.5. The Bertz CT molecular complexity index is 1050. The van der Waals surface area contributed by atoms with E-state index >= 15 is 0 Å². The van der Waals surface area contributed by atoms with Crippen molar-refractivity contribution in [2.45, 2.75) is 103 Å². The zero-order chi connectivity index (χ0) is 28.8. The summed E-state index contributed by atoms with van der Waals surface area (Å²) < 4.78 is 0. The maximum Gasteiger partial charge on any atom is 0.303 e. The molecule has 0 saturated heterocycles. The number of hydrogen-bond donors (Lipinski definition) is 3. The Hall–Kier alpha value is -3.41. The minimum absolute atomic E-state index is 0.0910. The Morgan fingerprint density at radius 2 is 1.32 bits per heavy atom. The van der Waals surface area contributed by atoms with Crippen LogP contribution in [0.3, 0.4) is 0 Å². The summed E-state index contributed by atoms with van der Waals surface area (Å²) in [6.07, 6.45) is 18.3. The van der Waals surface area contributed by atoms with E-state index in [1.54, 1.807) is 18.2 Å². The lowest BCUT2D eigenvalue weighted by molar-refractivity contribution is -0.138. The number of aliphatic carboxylic acids is 1. The lowest BCUT2D eigenvalue weighted by Gasteiger charge is -2.11. The number of carboxylic acid groups (broad SMARTS) is 1. The Morgan fingerprint density at radius 3 is 1.93 bits per heavy atom. The van der Waals surface area contributed by atoms with E-state index in [2.05, 4.69) is 17.6 Å². The van der Waals surface area contributed by atoms with Gasteiger partial charge >= 0.3 is 5.97 Å². The summed E-state index contributed by atoms with van der Waals surface area (Å²) >= 11 is 0. The fourth-order valence-electron chi connectivity index (χ4n) is 4.65. The van der Waals surface area contributed by atoms with Crippen LogP contribution in [-0.4, -0.2) is 29.4 Å². The van der Waals surface area contributed by atoms with Gasteiger partial charge in [0.2, 0.25) is 5.91 Å². The predicted molar refractivity (Wildman–Crippen MR) is 165 cm³/mol. The molecule has 3 N–H and O–H groups in total. The molecule has 0 fully saturated rings. The summed E-state index contributed by atoms with van der Waals surface area (Å²) in [6, 6.07) is 16.7. The number of carbonyl (C=O) groups is 3. The van der Waals surface area contributed by atoms with Gasteiger partial charge in [-0.3, -0.25) is 14.4 Å². The molecule has 6 heteroatoms. The molecule has 0 heterocycles. The molecule has 2 aromatic rings. The van der Waals surface area contributed by atoms with Crippen LogP contribution in [0, 0.1) is 0 Å². The molecule has 2 aromatic carbocycles. The van der Waals surface area contributed by atoms with E-state index in [9.17, 15) is 14.4 Å². The Morgan fingerprint density at radius 1 is 0.725 bits per heavy atom. The first-order valence-corrected chi connectivity index (χ1v) is 15.2. The van der Waals surface area contributed by atoms with E-state index < -0.39 is 5.97 Å². The normalized spacial score (nSPS) is 11.3. The van der Waals surface area contributed by atoms with Crippen molar-refractivity contribution in [3.8, 4) is 0 Å². The summed E-state index contributed by atoms with van der Waals surface area (Å²) in [4.78, 5) is 35.9. The number of carbonyl (C=O) groups excluding carboxylic acids is 2. The minimum atomic E-state index is -1.01. The average molecular weight is 549 g/mol. The van der Waals surface area contributed by atoms with Crippen molar-refractivity contribution < 1.29 is 19.5 Å². The van der Waals surface area contributed by atoms with Gasteiger partial charge in [-0.2, -0.15) is 0 Å². The van der Waals surface area contributed by atoms with Crippen molar-refractivity contribution in [3.63, 3.8) is 0 Å². The molecule has 218 valence electrons. The van der Waals surface area contributed by atoms with Crippen LogP contribution < -0.4 is 10.6 Å².